The molecule has 0 aromatic carbocycles. The molecule has 1 heterocycles. The quantitative estimate of drug-likeness (QED) is 0.528. The molecule has 1 fully saturated rings. The third kappa shape index (κ3) is 1.37. The molecule has 0 aromatic rings. The standard InChI is InChI=1S/C15H20O3/c1-8-6-7-15(17)9(2)4-5-11-10(3)14(16)18-13(11)12(8)15/h4,6,10-13,17H,5,7H2,1-3H3/t10-,11-,12+,13-,15+/m0/s1. The molecule has 0 saturated carbocycles. The molecular formula is C15H20O3. The monoisotopic (exact) mass is 248 g/mol. The predicted molar refractivity (Wildman–Crippen MR) is 67.7 cm³/mol. The van der Waals surface area contributed by atoms with Gasteiger partial charge in [-0.25, -0.2) is 0 Å². The average Bonchev–Trinajstić information content (AvgIpc) is 2.73. The summed E-state index contributed by atoms with van der Waals surface area (Å²) in [4.78, 5) is 11.8. The Balaban J connectivity index is 2.07. The van der Waals surface area contributed by atoms with E-state index in [9.17, 15) is 9.90 Å². The van der Waals surface area contributed by atoms with Crippen LogP contribution in [-0.4, -0.2) is 22.8 Å². The van der Waals surface area contributed by atoms with E-state index >= 15 is 0 Å². The largest absolute Gasteiger partial charge is 0.461 e. The maximum atomic E-state index is 11.8. The SMILES string of the molecule is CC1=CC[C@@]2(O)C(C)=CC[C@@H]3[C@H](OC(=O)[C@H]3C)[C@@H]12. The Labute approximate surface area is 108 Å². The van der Waals surface area contributed by atoms with Crippen molar-refractivity contribution < 1.29 is 14.6 Å². The zero-order valence-electron chi connectivity index (χ0n) is 11.1. The number of esters is 1. The molecule has 1 aliphatic heterocycles. The second-order valence-electron chi connectivity index (χ2n) is 6.03. The van der Waals surface area contributed by atoms with E-state index in [1.54, 1.807) is 0 Å². The van der Waals surface area contributed by atoms with Gasteiger partial charge in [-0.1, -0.05) is 24.6 Å². The summed E-state index contributed by atoms with van der Waals surface area (Å²) < 4.78 is 5.58. The van der Waals surface area contributed by atoms with E-state index in [1.807, 2.05) is 20.8 Å². The molecular weight excluding hydrogens is 228 g/mol. The fraction of sp³-hybridized carbons (Fsp3) is 0.667. The fourth-order valence-corrected chi connectivity index (χ4v) is 3.82. The van der Waals surface area contributed by atoms with Crippen molar-refractivity contribution in [1.29, 1.82) is 0 Å². The van der Waals surface area contributed by atoms with E-state index in [-0.39, 0.29) is 29.8 Å². The molecule has 0 unspecified atom stereocenters. The Morgan fingerprint density at radius 1 is 1.39 bits per heavy atom. The molecule has 1 N–H and O–H groups in total. The summed E-state index contributed by atoms with van der Waals surface area (Å²) in [5.41, 5.74) is 1.34. The first-order chi connectivity index (χ1) is 8.45. The third-order valence-corrected chi connectivity index (χ3v) is 5.14. The maximum Gasteiger partial charge on any atom is 0.309 e. The zero-order valence-corrected chi connectivity index (χ0v) is 11.1. The number of allylic oxidation sites excluding steroid dienone is 1. The Morgan fingerprint density at radius 3 is 2.83 bits per heavy atom. The molecule has 3 rings (SSSR count). The van der Waals surface area contributed by atoms with E-state index in [4.69, 9.17) is 4.74 Å². The molecule has 2 aliphatic carbocycles. The van der Waals surface area contributed by atoms with Gasteiger partial charge in [0.25, 0.3) is 0 Å². The van der Waals surface area contributed by atoms with Gasteiger partial charge in [0.1, 0.15) is 6.10 Å². The highest BCUT2D eigenvalue weighted by Gasteiger charge is 2.56. The highest BCUT2D eigenvalue weighted by atomic mass is 16.6. The minimum absolute atomic E-state index is 0.0600. The van der Waals surface area contributed by atoms with Crippen LogP contribution in [0.2, 0.25) is 0 Å². The Kier molecular flexibility index (Phi) is 2.46. The zero-order chi connectivity index (χ0) is 13.1. The van der Waals surface area contributed by atoms with Crippen LogP contribution in [0.1, 0.15) is 33.6 Å². The van der Waals surface area contributed by atoms with E-state index < -0.39 is 5.60 Å². The van der Waals surface area contributed by atoms with Crippen molar-refractivity contribution in [1.82, 2.24) is 0 Å². The van der Waals surface area contributed by atoms with Gasteiger partial charge in [0.15, 0.2) is 0 Å². The van der Waals surface area contributed by atoms with Crippen molar-refractivity contribution in [3.8, 4) is 0 Å². The third-order valence-electron chi connectivity index (χ3n) is 5.14. The molecule has 0 radical (unpaired) electrons. The van der Waals surface area contributed by atoms with Crippen molar-refractivity contribution in [2.24, 2.45) is 17.8 Å². The van der Waals surface area contributed by atoms with Crippen LogP contribution in [0.3, 0.4) is 0 Å². The first kappa shape index (κ1) is 12.0. The summed E-state index contributed by atoms with van der Waals surface area (Å²) in [5, 5.41) is 10.9. The Morgan fingerprint density at radius 2 is 2.11 bits per heavy atom. The summed E-state index contributed by atoms with van der Waals surface area (Å²) >= 11 is 0. The lowest BCUT2D eigenvalue weighted by Gasteiger charge is -2.35. The van der Waals surface area contributed by atoms with Crippen LogP contribution in [0.25, 0.3) is 0 Å². The lowest BCUT2D eigenvalue weighted by molar-refractivity contribution is -0.147. The van der Waals surface area contributed by atoms with Gasteiger partial charge in [-0.2, -0.15) is 0 Å². The highest BCUT2D eigenvalue weighted by molar-refractivity contribution is 5.75. The van der Waals surface area contributed by atoms with Crippen molar-refractivity contribution in [3.63, 3.8) is 0 Å². The summed E-state index contributed by atoms with van der Waals surface area (Å²) in [5.74, 6) is -0.0297. The van der Waals surface area contributed by atoms with Crippen molar-refractivity contribution >= 4 is 5.97 Å². The van der Waals surface area contributed by atoms with E-state index in [1.165, 1.54) is 0 Å². The van der Waals surface area contributed by atoms with Crippen LogP contribution in [0.4, 0.5) is 0 Å². The van der Waals surface area contributed by atoms with Crippen molar-refractivity contribution in [3.05, 3.63) is 23.3 Å². The smallest absolute Gasteiger partial charge is 0.309 e. The number of ether oxygens (including phenoxy) is 1. The lowest BCUT2D eigenvalue weighted by Crippen LogP contribution is -2.43. The molecule has 3 heteroatoms. The van der Waals surface area contributed by atoms with Gasteiger partial charge in [-0.05, 0) is 32.3 Å². The number of rotatable bonds is 0. The topological polar surface area (TPSA) is 46.5 Å². The maximum absolute atomic E-state index is 11.8. The lowest BCUT2D eigenvalue weighted by atomic mass is 9.75. The molecule has 98 valence electrons. The minimum atomic E-state index is -0.839. The van der Waals surface area contributed by atoms with Crippen molar-refractivity contribution in [2.45, 2.75) is 45.3 Å². The van der Waals surface area contributed by atoms with Crippen LogP contribution in [0.15, 0.2) is 23.3 Å². The van der Waals surface area contributed by atoms with E-state index in [0.717, 1.165) is 17.6 Å². The molecule has 0 spiro atoms. The number of hydrogen-bond acceptors (Lipinski definition) is 3. The molecule has 3 aliphatic rings. The van der Waals surface area contributed by atoms with Crippen LogP contribution < -0.4 is 0 Å². The first-order valence-electron chi connectivity index (χ1n) is 6.72. The Hall–Kier alpha value is -1.09. The van der Waals surface area contributed by atoms with Gasteiger partial charge in [0.2, 0.25) is 0 Å². The van der Waals surface area contributed by atoms with E-state index in [2.05, 4.69) is 12.2 Å². The number of carbonyl (C=O) groups is 1. The molecule has 1 saturated heterocycles. The molecule has 0 amide bonds. The normalized spacial score (nSPS) is 46.8. The van der Waals surface area contributed by atoms with Gasteiger partial charge in [-0.3, -0.25) is 4.79 Å². The first-order valence-corrected chi connectivity index (χ1v) is 6.72. The molecule has 5 atom stereocenters. The number of carbonyl (C=O) groups excluding carboxylic acids is 1. The summed E-state index contributed by atoms with van der Waals surface area (Å²) in [6, 6.07) is 0. The summed E-state index contributed by atoms with van der Waals surface area (Å²) in [6.07, 6.45) is 5.49. The predicted octanol–water partition coefficient (Wildman–Crippen LogP) is 2.21. The summed E-state index contributed by atoms with van der Waals surface area (Å²) in [6.45, 7) is 5.97. The van der Waals surface area contributed by atoms with Crippen LogP contribution in [0.5, 0.6) is 0 Å². The van der Waals surface area contributed by atoms with E-state index in [0.29, 0.717) is 6.42 Å². The summed E-state index contributed by atoms with van der Waals surface area (Å²) in [7, 11) is 0. The van der Waals surface area contributed by atoms with Gasteiger partial charge in [0.05, 0.1) is 17.4 Å². The second kappa shape index (κ2) is 3.70. The Bertz CT molecular complexity index is 462. The highest BCUT2D eigenvalue weighted by Crippen LogP contribution is 2.51. The molecule has 0 aromatic heterocycles. The van der Waals surface area contributed by atoms with Crippen LogP contribution in [0, 0.1) is 17.8 Å². The number of fused-ring (bicyclic) bond motifs is 3. The molecule has 0 bridgehead atoms. The van der Waals surface area contributed by atoms with Gasteiger partial charge in [0, 0.05) is 5.92 Å². The molecule has 18 heavy (non-hydrogen) atoms. The van der Waals surface area contributed by atoms with Gasteiger partial charge < -0.3 is 9.84 Å². The fourth-order valence-electron chi connectivity index (χ4n) is 3.82. The van der Waals surface area contributed by atoms with Gasteiger partial charge in [-0.15, -0.1) is 0 Å². The number of aliphatic hydroxyl groups is 1. The molecule has 3 nitrogen and oxygen atoms in total. The second-order valence-corrected chi connectivity index (χ2v) is 6.03. The number of hydrogen-bond donors (Lipinski definition) is 1. The minimum Gasteiger partial charge on any atom is -0.461 e. The van der Waals surface area contributed by atoms with Gasteiger partial charge >= 0.3 is 5.97 Å². The van der Waals surface area contributed by atoms with Crippen LogP contribution >= 0.6 is 0 Å². The average molecular weight is 248 g/mol. The van der Waals surface area contributed by atoms with Crippen LogP contribution in [-0.2, 0) is 9.53 Å². The van der Waals surface area contributed by atoms with Crippen molar-refractivity contribution in [2.75, 3.05) is 0 Å².